The highest BCUT2D eigenvalue weighted by molar-refractivity contribution is 7.80. The van der Waals surface area contributed by atoms with E-state index in [1.165, 1.54) is 29.7 Å². The van der Waals surface area contributed by atoms with Crippen molar-refractivity contribution in [1.82, 2.24) is 10.6 Å². The van der Waals surface area contributed by atoms with Crippen molar-refractivity contribution in [3.05, 3.63) is 70.3 Å². The van der Waals surface area contributed by atoms with Crippen molar-refractivity contribution in [2.45, 2.75) is 70.8 Å². The van der Waals surface area contributed by atoms with Gasteiger partial charge in [0.25, 0.3) is 0 Å². The van der Waals surface area contributed by atoms with E-state index in [0.717, 1.165) is 25.8 Å². The number of hydrogen-bond acceptors (Lipinski definition) is 2. The van der Waals surface area contributed by atoms with E-state index < -0.39 is 11.7 Å². The van der Waals surface area contributed by atoms with Gasteiger partial charge in [-0.25, -0.2) is 0 Å². The highest BCUT2D eigenvalue weighted by Gasteiger charge is 2.31. The number of hydrogen-bond donors (Lipinski definition) is 2. The van der Waals surface area contributed by atoms with Gasteiger partial charge in [0.1, 0.15) is 0 Å². The molecule has 2 atom stereocenters. The third-order valence-corrected chi connectivity index (χ3v) is 5.89. The van der Waals surface area contributed by atoms with Crippen molar-refractivity contribution in [3.63, 3.8) is 0 Å². The van der Waals surface area contributed by atoms with E-state index in [9.17, 15) is 13.2 Å². The molecule has 0 radical (unpaired) electrons. The molecule has 2 nitrogen and oxygen atoms in total. The summed E-state index contributed by atoms with van der Waals surface area (Å²) in [6.07, 6.45) is 0.350. The largest absolute Gasteiger partial charge is 0.416 e. The van der Waals surface area contributed by atoms with Crippen molar-refractivity contribution in [1.29, 1.82) is 0 Å². The fourth-order valence-electron chi connectivity index (χ4n) is 4.07. The first-order valence-electron chi connectivity index (χ1n) is 10.5. The van der Waals surface area contributed by atoms with E-state index in [0.29, 0.717) is 28.6 Å². The highest BCUT2D eigenvalue weighted by Crippen LogP contribution is 2.30. The van der Waals surface area contributed by atoms with E-state index in [-0.39, 0.29) is 6.04 Å². The molecule has 1 fully saturated rings. The van der Waals surface area contributed by atoms with Crippen LogP contribution in [0.5, 0.6) is 0 Å². The first-order valence-corrected chi connectivity index (χ1v) is 10.9. The third-order valence-electron chi connectivity index (χ3n) is 5.63. The van der Waals surface area contributed by atoms with Crippen LogP contribution in [-0.2, 0) is 19.1 Å². The molecule has 6 heteroatoms. The second kappa shape index (κ2) is 9.92. The van der Waals surface area contributed by atoms with Crippen LogP contribution in [0, 0.1) is 13.8 Å². The summed E-state index contributed by atoms with van der Waals surface area (Å²) in [5, 5.41) is 7.07. The first-order chi connectivity index (χ1) is 14.2. The van der Waals surface area contributed by atoms with E-state index in [2.05, 4.69) is 41.8 Å². The predicted octanol–water partition coefficient (Wildman–Crippen LogP) is 5.88. The molecule has 1 aliphatic carbocycles. The molecular weight excluding hydrogens is 405 g/mol. The molecule has 0 aliphatic heterocycles. The second-order valence-corrected chi connectivity index (χ2v) is 8.81. The fourth-order valence-corrected chi connectivity index (χ4v) is 4.39. The van der Waals surface area contributed by atoms with E-state index in [4.69, 9.17) is 12.2 Å². The Labute approximate surface area is 182 Å². The van der Waals surface area contributed by atoms with E-state index in [1.807, 2.05) is 0 Å². The SMILES string of the molecule is Cc1ccc(CN[C@@H]2CCCC[C@H]2NC(=S)Cc2cc(C)cc(C(F)(F)F)c2)cc1. The predicted molar refractivity (Wildman–Crippen MR) is 120 cm³/mol. The zero-order chi connectivity index (χ0) is 21.7. The minimum absolute atomic E-state index is 0.198. The Balaban J connectivity index is 1.60. The van der Waals surface area contributed by atoms with Crippen molar-refractivity contribution < 1.29 is 13.2 Å². The number of benzene rings is 2. The fraction of sp³-hybridized carbons (Fsp3) is 0.458. The lowest BCUT2D eigenvalue weighted by Gasteiger charge is -2.34. The summed E-state index contributed by atoms with van der Waals surface area (Å²) >= 11 is 5.52. The average molecular weight is 435 g/mol. The van der Waals surface area contributed by atoms with Gasteiger partial charge in [-0.05, 0) is 49.9 Å². The van der Waals surface area contributed by atoms with Crippen molar-refractivity contribution >= 4 is 17.2 Å². The van der Waals surface area contributed by atoms with Gasteiger partial charge in [0.05, 0.1) is 10.6 Å². The molecule has 0 bridgehead atoms. The zero-order valence-corrected chi connectivity index (χ0v) is 18.3. The van der Waals surface area contributed by atoms with Crippen LogP contribution >= 0.6 is 12.2 Å². The Morgan fingerprint density at radius 1 is 0.933 bits per heavy atom. The summed E-state index contributed by atoms with van der Waals surface area (Å²) in [6.45, 7) is 4.55. The van der Waals surface area contributed by atoms with Gasteiger partial charge in [-0.15, -0.1) is 0 Å². The van der Waals surface area contributed by atoms with Crippen LogP contribution in [0.15, 0.2) is 42.5 Å². The number of alkyl halides is 3. The second-order valence-electron chi connectivity index (χ2n) is 8.31. The van der Waals surface area contributed by atoms with Gasteiger partial charge in [-0.3, -0.25) is 0 Å². The van der Waals surface area contributed by atoms with Crippen LogP contribution in [0.4, 0.5) is 13.2 Å². The Morgan fingerprint density at radius 3 is 2.27 bits per heavy atom. The molecule has 2 aromatic carbocycles. The molecule has 0 heterocycles. The van der Waals surface area contributed by atoms with Crippen molar-refractivity contribution in [2.75, 3.05) is 0 Å². The molecule has 0 aromatic heterocycles. The van der Waals surface area contributed by atoms with Gasteiger partial charge in [0, 0.05) is 25.0 Å². The molecule has 3 rings (SSSR count). The lowest BCUT2D eigenvalue weighted by molar-refractivity contribution is -0.137. The van der Waals surface area contributed by atoms with Crippen LogP contribution in [0.3, 0.4) is 0 Å². The summed E-state index contributed by atoms with van der Waals surface area (Å²) in [7, 11) is 0. The molecule has 1 aliphatic rings. The van der Waals surface area contributed by atoms with E-state index >= 15 is 0 Å². The maximum absolute atomic E-state index is 13.1. The summed E-state index contributed by atoms with van der Waals surface area (Å²) in [5.74, 6) is 0. The molecule has 30 heavy (non-hydrogen) atoms. The van der Waals surface area contributed by atoms with Gasteiger partial charge in [-0.2, -0.15) is 13.2 Å². The van der Waals surface area contributed by atoms with Gasteiger partial charge < -0.3 is 10.6 Å². The maximum Gasteiger partial charge on any atom is 0.416 e. The number of rotatable bonds is 6. The first kappa shape index (κ1) is 22.8. The lowest BCUT2D eigenvalue weighted by Crippen LogP contribution is -2.51. The van der Waals surface area contributed by atoms with Gasteiger partial charge in [0.15, 0.2) is 0 Å². The standard InChI is InChI=1S/C24H29F3N2S/c1-16-7-9-18(10-8-16)15-28-21-5-3-4-6-22(21)29-23(30)14-19-11-17(2)12-20(13-19)24(25,26)27/h7-13,21-22,28H,3-6,14-15H2,1-2H3,(H,29,30)/t21-,22-/m1/s1. The van der Waals surface area contributed by atoms with Gasteiger partial charge in [-0.1, -0.05) is 66.5 Å². The highest BCUT2D eigenvalue weighted by atomic mass is 32.1. The number of aryl methyl sites for hydroxylation is 2. The molecule has 0 saturated heterocycles. The smallest absolute Gasteiger partial charge is 0.375 e. The number of nitrogens with one attached hydrogen (secondary N) is 2. The Kier molecular flexibility index (Phi) is 7.53. The maximum atomic E-state index is 13.1. The molecule has 0 amide bonds. The van der Waals surface area contributed by atoms with Crippen molar-refractivity contribution in [2.24, 2.45) is 0 Å². The zero-order valence-electron chi connectivity index (χ0n) is 17.5. The Hall–Kier alpha value is -1.92. The normalized spacial score (nSPS) is 19.5. The summed E-state index contributed by atoms with van der Waals surface area (Å²) in [6, 6.07) is 13.1. The molecule has 2 N–H and O–H groups in total. The van der Waals surface area contributed by atoms with E-state index in [1.54, 1.807) is 13.0 Å². The van der Waals surface area contributed by atoms with Crippen LogP contribution in [0.2, 0.25) is 0 Å². The molecule has 0 spiro atoms. The van der Waals surface area contributed by atoms with Gasteiger partial charge in [0.2, 0.25) is 0 Å². The van der Waals surface area contributed by atoms with Crippen LogP contribution in [0.1, 0.15) is 53.5 Å². The molecule has 1 saturated carbocycles. The molecular formula is C24H29F3N2S. The monoisotopic (exact) mass is 434 g/mol. The summed E-state index contributed by atoms with van der Waals surface area (Å²) < 4.78 is 39.3. The number of thiocarbonyl (C=S) groups is 1. The summed E-state index contributed by atoms with van der Waals surface area (Å²) in [5.41, 5.74) is 3.06. The molecule has 2 aromatic rings. The quantitative estimate of drug-likeness (QED) is 0.555. The van der Waals surface area contributed by atoms with Crippen molar-refractivity contribution in [3.8, 4) is 0 Å². The minimum atomic E-state index is -4.34. The topological polar surface area (TPSA) is 24.1 Å². The Bertz CT molecular complexity index is 862. The molecule has 0 unspecified atom stereocenters. The summed E-state index contributed by atoms with van der Waals surface area (Å²) in [4.78, 5) is 0.600. The molecule has 162 valence electrons. The lowest BCUT2D eigenvalue weighted by atomic mass is 9.90. The van der Waals surface area contributed by atoms with Crippen LogP contribution < -0.4 is 10.6 Å². The third kappa shape index (κ3) is 6.54. The van der Waals surface area contributed by atoms with Gasteiger partial charge >= 0.3 is 6.18 Å². The van der Waals surface area contributed by atoms with Crippen LogP contribution in [0.25, 0.3) is 0 Å². The van der Waals surface area contributed by atoms with Crippen LogP contribution in [-0.4, -0.2) is 17.1 Å². The minimum Gasteiger partial charge on any atom is -0.375 e. The Morgan fingerprint density at radius 2 is 1.60 bits per heavy atom. The number of halogens is 3. The average Bonchev–Trinajstić information content (AvgIpc) is 2.67.